The molecule has 0 aliphatic heterocycles. The van der Waals surface area contributed by atoms with Crippen molar-refractivity contribution in [3.05, 3.63) is 48.2 Å². The molecule has 0 unspecified atom stereocenters. The zero-order valence-electron chi connectivity index (χ0n) is 13.0. The van der Waals surface area contributed by atoms with Crippen molar-refractivity contribution in [1.29, 1.82) is 0 Å². The van der Waals surface area contributed by atoms with Crippen molar-refractivity contribution >= 4 is 11.6 Å². The maximum absolute atomic E-state index is 12.4. The van der Waals surface area contributed by atoms with E-state index in [1.807, 2.05) is 36.4 Å². The van der Waals surface area contributed by atoms with Gasteiger partial charge in [-0.1, -0.05) is 31.4 Å². The van der Waals surface area contributed by atoms with Crippen LogP contribution in [0.4, 0.5) is 5.69 Å². The Hall–Kier alpha value is -2.16. The summed E-state index contributed by atoms with van der Waals surface area (Å²) in [4.78, 5) is 16.8. The molecule has 3 rings (SSSR count). The van der Waals surface area contributed by atoms with E-state index in [9.17, 15) is 4.79 Å². The number of hydrogen-bond acceptors (Lipinski definition) is 2. The molecule has 1 fully saturated rings. The van der Waals surface area contributed by atoms with Gasteiger partial charge in [0.15, 0.2) is 0 Å². The first-order valence-corrected chi connectivity index (χ1v) is 8.07. The number of rotatable bonds is 3. The van der Waals surface area contributed by atoms with Gasteiger partial charge in [-0.3, -0.25) is 9.78 Å². The number of carbonyl (C=O) groups excluding carboxylic acids is 1. The zero-order valence-corrected chi connectivity index (χ0v) is 13.0. The quantitative estimate of drug-likeness (QED) is 0.882. The molecular formula is C19H24N2O. The van der Waals surface area contributed by atoms with Gasteiger partial charge >= 0.3 is 0 Å². The predicted octanol–water partition coefficient (Wildman–Crippen LogP) is 4.82. The smallest absolute Gasteiger partial charge is 0.227 e. The Morgan fingerprint density at radius 3 is 2.73 bits per heavy atom. The summed E-state index contributed by atoms with van der Waals surface area (Å²) in [6.45, 7) is 2.07. The van der Waals surface area contributed by atoms with Crippen molar-refractivity contribution in [2.24, 2.45) is 5.92 Å². The SMILES string of the molecule is Cc1ccc(NC(=O)C2CCCCC2)cc1-c1ccccn1.[HH]. The Morgan fingerprint density at radius 1 is 1.18 bits per heavy atom. The summed E-state index contributed by atoms with van der Waals surface area (Å²) in [6.07, 6.45) is 7.44. The van der Waals surface area contributed by atoms with Crippen LogP contribution in [-0.4, -0.2) is 10.9 Å². The fourth-order valence-corrected chi connectivity index (χ4v) is 3.11. The molecule has 0 bridgehead atoms. The Balaban J connectivity index is 0.00000192. The number of aryl methyl sites for hydroxylation is 1. The van der Waals surface area contributed by atoms with Crippen LogP contribution < -0.4 is 5.32 Å². The number of benzene rings is 1. The monoisotopic (exact) mass is 296 g/mol. The molecule has 1 heterocycles. The van der Waals surface area contributed by atoms with E-state index in [0.717, 1.165) is 35.3 Å². The molecule has 22 heavy (non-hydrogen) atoms. The van der Waals surface area contributed by atoms with Crippen LogP contribution in [0.15, 0.2) is 42.6 Å². The fraction of sp³-hybridized carbons (Fsp3) is 0.368. The predicted molar refractivity (Wildman–Crippen MR) is 91.7 cm³/mol. The number of amides is 1. The summed E-state index contributed by atoms with van der Waals surface area (Å²) < 4.78 is 0. The average molecular weight is 296 g/mol. The lowest BCUT2D eigenvalue weighted by molar-refractivity contribution is -0.120. The molecule has 116 valence electrons. The van der Waals surface area contributed by atoms with Gasteiger partial charge in [-0.15, -0.1) is 0 Å². The summed E-state index contributed by atoms with van der Waals surface area (Å²) in [5.74, 6) is 0.337. The minimum Gasteiger partial charge on any atom is -0.326 e. The second-order valence-corrected chi connectivity index (χ2v) is 6.07. The van der Waals surface area contributed by atoms with Gasteiger partial charge in [0.05, 0.1) is 5.69 Å². The number of hydrogen-bond donors (Lipinski definition) is 1. The van der Waals surface area contributed by atoms with E-state index < -0.39 is 0 Å². The highest BCUT2D eigenvalue weighted by Crippen LogP contribution is 2.27. The highest BCUT2D eigenvalue weighted by molar-refractivity contribution is 5.93. The lowest BCUT2D eigenvalue weighted by Crippen LogP contribution is -2.24. The number of carbonyl (C=O) groups is 1. The second-order valence-electron chi connectivity index (χ2n) is 6.07. The number of aromatic nitrogens is 1. The van der Waals surface area contributed by atoms with Gasteiger partial charge in [0.1, 0.15) is 0 Å². The number of nitrogens with zero attached hydrogens (tertiary/aromatic N) is 1. The Kier molecular flexibility index (Phi) is 4.52. The van der Waals surface area contributed by atoms with Crippen molar-refractivity contribution in [3.63, 3.8) is 0 Å². The van der Waals surface area contributed by atoms with Gasteiger partial charge in [-0.25, -0.2) is 0 Å². The molecule has 0 radical (unpaired) electrons. The lowest BCUT2D eigenvalue weighted by atomic mass is 9.88. The van der Waals surface area contributed by atoms with Gasteiger partial charge in [-0.2, -0.15) is 0 Å². The highest BCUT2D eigenvalue weighted by Gasteiger charge is 2.21. The number of anilines is 1. The molecule has 1 aromatic carbocycles. The van der Waals surface area contributed by atoms with E-state index >= 15 is 0 Å². The molecule has 3 heteroatoms. The van der Waals surface area contributed by atoms with E-state index in [0.29, 0.717) is 0 Å². The Labute approximate surface area is 133 Å². The van der Waals surface area contributed by atoms with Crippen LogP contribution in [0, 0.1) is 12.8 Å². The Morgan fingerprint density at radius 2 is 2.00 bits per heavy atom. The first kappa shape index (κ1) is 14.8. The minimum atomic E-state index is 0. The minimum absolute atomic E-state index is 0. The first-order valence-electron chi connectivity index (χ1n) is 8.07. The fourth-order valence-electron chi connectivity index (χ4n) is 3.11. The third-order valence-electron chi connectivity index (χ3n) is 4.42. The highest BCUT2D eigenvalue weighted by atomic mass is 16.1. The van der Waals surface area contributed by atoms with Crippen LogP contribution in [-0.2, 0) is 4.79 Å². The molecule has 1 N–H and O–H groups in total. The largest absolute Gasteiger partial charge is 0.326 e. The first-order chi connectivity index (χ1) is 10.7. The van der Waals surface area contributed by atoms with Crippen LogP contribution >= 0.6 is 0 Å². The molecule has 0 atom stereocenters. The summed E-state index contributed by atoms with van der Waals surface area (Å²) in [5, 5.41) is 3.08. The van der Waals surface area contributed by atoms with Crippen molar-refractivity contribution in [2.45, 2.75) is 39.0 Å². The lowest BCUT2D eigenvalue weighted by Gasteiger charge is -2.21. The van der Waals surface area contributed by atoms with Crippen molar-refractivity contribution < 1.29 is 6.22 Å². The van der Waals surface area contributed by atoms with Crippen molar-refractivity contribution in [1.82, 2.24) is 4.98 Å². The van der Waals surface area contributed by atoms with Crippen LogP contribution in [0.25, 0.3) is 11.3 Å². The van der Waals surface area contributed by atoms with Gasteiger partial charge in [0.2, 0.25) is 5.91 Å². The molecular weight excluding hydrogens is 272 g/mol. The van der Waals surface area contributed by atoms with Crippen molar-refractivity contribution in [2.75, 3.05) is 5.32 Å². The number of pyridine rings is 1. The van der Waals surface area contributed by atoms with Crippen LogP contribution in [0.5, 0.6) is 0 Å². The summed E-state index contributed by atoms with van der Waals surface area (Å²) in [6, 6.07) is 11.9. The molecule has 1 amide bonds. The van der Waals surface area contributed by atoms with E-state index in [1.54, 1.807) is 6.20 Å². The zero-order chi connectivity index (χ0) is 15.4. The average Bonchev–Trinajstić information content (AvgIpc) is 2.58. The van der Waals surface area contributed by atoms with E-state index in [2.05, 4.69) is 17.2 Å². The molecule has 1 saturated carbocycles. The Bertz CT molecular complexity index is 652. The molecule has 0 saturated heterocycles. The van der Waals surface area contributed by atoms with Crippen LogP contribution in [0.3, 0.4) is 0 Å². The normalized spacial score (nSPS) is 15.5. The maximum atomic E-state index is 12.4. The second kappa shape index (κ2) is 6.73. The van der Waals surface area contributed by atoms with Crippen LogP contribution in [0.1, 0.15) is 39.1 Å². The van der Waals surface area contributed by atoms with E-state index in [4.69, 9.17) is 0 Å². The third kappa shape index (κ3) is 3.35. The maximum Gasteiger partial charge on any atom is 0.227 e. The molecule has 3 nitrogen and oxygen atoms in total. The summed E-state index contributed by atoms with van der Waals surface area (Å²) in [7, 11) is 0. The van der Waals surface area contributed by atoms with Crippen LogP contribution in [0.2, 0.25) is 0 Å². The topological polar surface area (TPSA) is 42.0 Å². The van der Waals surface area contributed by atoms with E-state index in [-0.39, 0.29) is 13.3 Å². The molecule has 1 aromatic heterocycles. The van der Waals surface area contributed by atoms with E-state index in [1.165, 1.54) is 19.3 Å². The molecule has 1 aliphatic carbocycles. The third-order valence-corrected chi connectivity index (χ3v) is 4.42. The van der Waals surface area contributed by atoms with Gasteiger partial charge in [0, 0.05) is 24.8 Å². The summed E-state index contributed by atoms with van der Waals surface area (Å²) in [5.41, 5.74) is 4.03. The molecule has 1 aliphatic rings. The van der Waals surface area contributed by atoms with Crippen molar-refractivity contribution in [3.8, 4) is 11.3 Å². The molecule has 2 aromatic rings. The summed E-state index contributed by atoms with van der Waals surface area (Å²) >= 11 is 0. The molecule has 0 spiro atoms. The van der Waals surface area contributed by atoms with Gasteiger partial charge in [-0.05, 0) is 49.6 Å². The van der Waals surface area contributed by atoms with Gasteiger partial charge < -0.3 is 5.32 Å². The van der Waals surface area contributed by atoms with Gasteiger partial charge in [0.25, 0.3) is 0 Å². The standard InChI is InChI=1S/C19H22N2O.H2/c1-14-10-11-16(13-17(14)18-9-5-6-12-20-18)21-19(22)15-7-3-2-4-8-15;/h5-6,9-13,15H,2-4,7-8H2,1H3,(H,21,22);1H. The number of nitrogens with one attached hydrogen (secondary N) is 1.